The summed E-state index contributed by atoms with van der Waals surface area (Å²) in [6.07, 6.45) is 2.00. The number of para-hydroxylation sites is 1. The number of fused-ring (bicyclic) bond motifs is 3. The molecule has 0 aliphatic rings. The first-order valence-electron chi connectivity index (χ1n) is 6.44. The van der Waals surface area contributed by atoms with E-state index in [0.29, 0.717) is 0 Å². The van der Waals surface area contributed by atoms with Gasteiger partial charge < -0.3 is 9.30 Å². The van der Waals surface area contributed by atoms with Gasteiger partial charge in [-0.05, 0) is 19.9 Å². The van der Waals surface area contributed by atoms with Gasteiger partial charge >= 0.3 is 0 Å². The largest absolute Gasteiger partial charge is 0.380 e. The van der Waals surface area contributed by atoms with Gasteiger partial charge in [0.1, 0.15) is 11.3 Å². The zero-order chi connectivity index (χ0) is 13.4. The Balaban J connectivity index is 2.30. The van der Waals surface area contributed by atoms with Gasteiger partial charge in [0.2, 0.25) is 0 Å². The Morgan fingerprint density at radius 2 is 2.05 bits per heavy atom. The molecular formula is C15H17N3O. The lowest BCUT2D eigenvalue weighted by molar-refractivity contribution is 0.104. The number of benzene rings is 1. The quantitative estimate of drug-likeness (QED) is 0.722. The van der Waals surface area contributed by atoms with E-state index in [2.05, 4.69) is 27.5 Å². The molecule has 0 aliphatic carbocycles. The lowest BCUT2D eigenvalue weighted by Crippen LogP contribution is -2.15. The minimum atomic E-state index is 0.156. The van der Waals surface area contributed by atoms with Crippen molar-refractivity contribution in [3.63, 3.8) is 0 Å². The van der Waals surface area contributed by atoms with Gasteiger partial charge in [-0.2, -0.15) is 0 Å². The highest BCUT2D eigenvalue weighted by atomic mass is 16.5. The maximum atomic E-state index is 5.38. The number of nitrogens with zero attached hydrogens (tertiary/aromatic N) is 3. The standard InChI is InChI=1S/C15H17N3O/c1-10(19-3)9-18-11(2)17-14-8-16-13-7-5-4-6-12(13)15(14)18/h4-8,10H,9H2,1-3H3. The van der Waals surface area contributed by atoms with E-state index >= 15 is 0 Å². The second-order valence-corrected chi connectivity index (χ2v) is 4.83. The van der Waals surface area contributed by atoms with Crippen molar-refractivity contribution in [2.75, 3.05) is 7.11 Å². The molecule has 19 heavy (non-hydrogen) atoms. The zero-order valence-electron chi connectivity index (χ0n) is 11.4. The molecule has 4 nitrogen and oxygen atoms in total. The molecule has 2 heterocycles. The van der Waals surface area contributed by atoms with Gasteiger partial charge in [-0.25, -0.2) is 4.98 Å². The molecule has 0 saturated carbocycles. The third-order valence-electron chi connectivity index (χ3n) is 3.51. The van der Waals surface area contributed by atoms with Crippen LogP contribution in [0.3, 0.4) is 0 Å². The van der Waals surface area contributed by atoms with E-state index < -0.39 is 0 Å². The molecule has 1 aromatic carbocycles. The lowest BCUT2D eigenvalue weighted by Gasteiger charge is -2.13. The summed E-state index contributed by atoms with van der Waals surface area (Å²) < 4.78 is 7.59. The highest BCUT2D eigenvalue weighted by molar-refractivity contribution is 6.02. The van der Waals surface area contributed by atoms with Crippen LogP contribution in [0.1, 0.15) is 12.7 Å². The van der Waals surface area contributed by atoms with Crippen LogP contribution < -0.4 is 0 Å². The molecule has 0 bridgehead atoms. The topological polar surface area (TPSA) is 39.9 Å². The lowest BCUT2D eigenvalue weighted by atomic mass is 10.2. The second-order valence-electron chi connectivity index (χ2n) is 4.83. The molecule has 0 N–H and O–H groups in total. The van der Waals surface area contributed by atoms with Crippen molar-refractivity contribution in [2.24, 2.45) is 0 Å². The fourth-order valence-corrected chi connectivity index (χ4v) is 2.43. The summed E-state index contributed by atoms with van der Waals surface area (Å²) in [6.45, 7) is 4.89. The van der Waals surface area contributed by atoms with Gasteiger partial charge in [0.25, 0.3) is 0 Å². The van der Waals surface area contributed by atoms with Crippen molar-refractivity contribution < 1.29 is 4.74 Å². The molecule has 0 aliphatic heterocycles. The summed E-state index contributed by atoms with van der Waals surface area (Å²) in [5, 5.41) is 1.14. The highest BCUT2D eigenvalue weighted by Crippen LogP contribution is 2.24. The fraction of sp³-hybridized carbons (Fsp3) is 0.333. The van der Waals surface area contributed by atoms with Crippen LogP contribution in [0.25, 0.3) is 21.9 Å². The van der Waals surface area contributed by atoms with Crippen LogP contribution in [0.15, 0.2) is 30.5 Å². The molecule has 0 radical (unpaired) electrons. The Morgan fingerprint density at radius 1 is 1.26 bits per heavy atom. The molecule has 0 saturated heterocycles. The van der Waals surface area contributed by atoms with E-state index in [1.165, 1.54) is 0 Å². The molecule has 4 heteroatoms. The predicted octanol–water partition coefficient (Wildman–Crippen LogP) is 2.93. The van der Waals surface area contributed by atoms with Crippen LogP contribution >= 0.6 is 0 Å². The van der Waals surface area contributed by atoms with Gasteiger partial charge in [0, 0.05) is 12.5 Å². The van der Waals surface area contributed by atoms with Gasteiger partial charge in [-0.3, -0.25) is 4.98 Å². The zero-order valence-corrected chi connectivity index (χ0v) is 11.4. The smallest absolute Gasteiger partial charge is 0.108 e. The fourth-order valence-electron chi connectivity index (χ4n) is 2.43. The van der Waals surface area contributed by atoms with Crippen molar-refractivity contribution in [1.29, 1.82) is 0 Å². The third-order valence-corrected chi connectivity index (χ3v) is 3.51. The third kappa shape index (κ3) is 1.98. The van der Waals surface area contributed by atoms with Gasteiger partial charge in [0.15, 0.2) is 0 Å². The van der Waals surface area contributed by atoms with Crippen molar-refractivity contribution in [1.82, 2.24) is 14.5 Å². The number of ether oxygens (including phenoxy) is 1. The van der Waals surface area contributed by atoms with Crippen LogP contribution in [0, 0.1) is 6.92 Å². The average molecular weight is 255 g/mol. The molecule has 98 valence electrons. The van der Waals surface area contributed by atoms with Crippen molar-refractivity contribution in [2.45, 2.75) is 26.5 Å². The monoisotopic (exact) mass is 255 g/mol. The molecule has 0 amide bonds. The Kier molecular flexibility index (Phi) is 2.95. The van der Waals surface area contributed by atoms with E-state index in [1.807, 2.05) is 31.3 Å². The SMILES string of the molecule is COC(C)Cn1c(C)nc2cnc3ccccc3c21. The number of methoxy groups -OCH3 is 1. The van der Waals surface area contributed by atoms with Gasteiger partial charge in [-0.1, -0.05) is 18.2 Å². The maximum absolute atomic E-state index is 5.38. The number of imidazole rings is 1. The first-order valence-corrected chi connectivity index (χ1v) is 6.44. The van der Waals surface area contributed by atoms with Crippen LogP contribution in [0.4, 0.5) is 0 Å². The summed E-state index contributed by atoms with van der Waals surface area (Å²) in [5.41, 5.74) is 3.09. The molecule has 3 rings (SSSR count). The summed E-state index contributed by atoms with van der Waals surface area (Å²) in [5.74, 6) is 0.997. The Bertz CT molecular complexity index is 733. The van der Waals surface area contributed by atoms with E-state index in [1.54, 1.807) is 7.11 Å². The molecule has 0 spiro atoms. The highest BCUT2D eigenvalue weighted by Gasteiger charge is 2.13. The molecule has 1 unspecified atom stereocenters. The molecule has 2 aromatic heterocycles. The van der Waals surface area contributed by atoms with Crippen molar-refractivity contribution >= 4 is 21.9 Å². The van der Waals surface area contributed by atoms with Crippen molar-refractivity contribution in [3.8, 4) is 0 Å². The van der Waals surface area contributed by atoms with E-state index in [4.69, 9.17) is 4.74 Å². The molecular weight excluding hydrogens is 238 g/mol. The Labute approximate surface area is 112 Å². The predicted molar refractivity (Wildman–Crippen MR) is 76.2 cm³/mol. The van der Waals surface area contributed by atoms with Gasteiger partial charge in [-0.15, -0.1) is 0 Å². The maximum Gasteiger partial charge on any atom is 0.108 e. The van der Waals surface area contributed by atoms with E-state index in [9.17, 15) is 0 Å². The Morgan fingerprint density at radius 3 is 2.84 bits per heavy atom. The van der Waals surface area contributed by atoms with Crippen LogP contribution in [-0.4, -0.2) is 27.7 Å². The second kappa shape index (κ2) is 4.63. The summed E-state index contributed by atoms with van der Waals surface area (Å²) >= 11 is 0. The first kappa shape index (κ1) is 12.1. The summed E-state index contributed by atoms with van der Waals surface area (Å²) in [7, 11) is 1.73. The van der Waals surface area contributed by atoms with E-state index in [0.717, 1.165) is 34.3 Å². The van der Waals surface area contributed by atoms with Crippen LogP contribution in [0.2, 0.25) is 0 Å². The molecule has 0 fully saturated rings. The number of aryl methyl sites for hydroxylation is 1. The van der Waals surface area contributed by atoms with Crippen LogP contribution in [-0.2, 0) is 11.3 Å². The minimum absolute atomic E-state index is 0.156. The number of pyridine rings is 1. The number of hydrogen-bond donors (Lipinski definition) is 0. The van der Waals surface area contributed by atoms with Gasteiger partial charge in [0.05, 0.1) is 29.9 Å². The number of rotatable bonds is 3. The minimum Gasteiger partial charge on any atom is -0.380 e. The molecule has 1 atom stereocenters. The first-order chi connectivity index (χ1) is 9.20. The summed E-state index contributed by atoms with van der Waals surface area (Å²) in [4.78, 5) is 9.05. The normalized spacial score (nSPS) is 13.2. The van der Waals surface area contributed by atoms with Crippen LogP contribution in [0.5, 0.6) is 0 Å². The van der Waals surface area contributed by atoms with Crippen molar-refractivity contribution in [3.05, 3.63) is 36.3 Å². The molecule has 3 aromatic rings. The number of aromatic nitrogens is 3. The Hall–Kier alpha value is -1.94. The van der Waals surface area contributed by atoms with E-state index in [-0.39, 0.29) is 6.10 Å². The average Bonchev–Trinajstić information content (AvgIpc) is 2.75. The number of hydrogen-bond acceptors (Lipinski definition) is 3. The summed E-state index contributed by atoms with van der Waals surface area (Å²) in [6, 6.07) is 8.17.